The van der Waals surface area contributed by atoms with Gasteiger partial charge in [0, 0.05) is 86.1 Å². The lowest BCUT2D eigenvalue weighted by molar-refractivity contribution is -0.0893. The van der Waals surface area contributed by atoms with Gasteiger partial charge in [0.05, 0.1) is 16.9 Å². The standard InChI is InChI=1S/C32H43F4N7/c1-6-7-8-27(32(34,35)36)26(17-37)23(4)40-29-15-25(24-9-10-31(39-18-24)42-13-11-38-12-14-42)28(33)16-30(29)43-19-21(2)41(5)22(3)20-43/h8-10,15-18,21-22,38,40H,4,6-7,11-14,19-20,37H2,1-3,5H3/b26-17-,27-8+. The molecular weight excluding hydrogens is 558 g/mol. The Kier molecular flexibility index (Phi) is 10.4. The van der Waals surface area contributed by atoms with Crippen LogP contribution in [0, 0.1) is 5.82 Å². The summed E-state index contributed by atoms with van der Waals surface area (Å²) in [5, 5.41) is 6.40. The third kappa shape index (κ3) is 7.51. The highest BCUT2D eigenvalue weighted by atomic mass is 19.4. The molecule has 4 rings (SSSR count). The molecule has 0 radical (unpaired) electrons. The summed E-state index contributed by atoms with van der Waals surface area (Å²) in [6.45, 7) is 14.6. The van der Waals surface area contributed by atoms with Gasteiger partial charge in [-0.2, -0.15) is 13.2 Å². The molecule has 2 aliphatic heterocycles. The summed E-state index contributed by atoms with van der Waals surface area (Å²) in [6.07, 6.45) is -0.148. The van der Waals surface area contributed by atoms with Crippen LogP contribution in [-0.4, -0.2) is 74.5 Å². The lowest BCUT2D eigenvalue weighted by Gasteiger charge is -2.44. The van der Waals surface area contributed by atoms with Crippen molar-refractivity contribution in [3.05, 3.63) is 72.0 Å². The summed E-state index contributed by atoms with van der Waals surface area (Å²) in [6, 6.07) is 7.12. The number of anilines is 3. The minimum Gasteiger partial charge on any atom is -0.404 e. The highest BCUT2D eigenvalue weighted by Gasteiger charge is 2.37. The van der Waals surface area contributed by atoms with Crippen molar-refractivity contribution in [3.8, 4) is 11.1 Å². The fourth-order valence-corrected chi connectivity index (χ4v) is 5.62. The van der Waals surface area contributed by atoms with Crippen LogP contribution in [0.5, 0.6) is 0 Å². The van der Waals surface area contributed by atoms with Crippen molar-refractivity contribution >= 4 is 17.2 Å². The van der Waals surface area contributed by atoms with Crippen LogP contribution in [0.3, 0.4) is 0 Å². The first-order valence-electron chi connectivity index (χ1n) is 14.8. The molecule has 0 aliphatic carbocycles. The first-order chi connectivity index (χ1) is 20.4. The van der Waals surface area contributed by atoms with E-state index in [1.54, 1.807) is 19.2 Å². The van der Waals surface area contributed by atoms with Crippen LogP contribution < -0.4 is 26.2 Å². The number of benzene rings is 1. The lowest BCUT2D eigenvalue weighted by atomic mass is 10.00. The highest BCUT2D eigenvalue weighted by molar-refractivity contribution is 5.81. The van der Waals surface area contributed by atoms with Gasteiger partial charge in [0.2, 0.25) is 0 Å². The van der Waals surface area contributed by atoms with Gasteiger partial charge >= 0.3 is 6.18 Å². The van der Waals surface area contributed by atoms with Gasteiger partial charge in [-0.1, -0.05) is 26.0 Å². The maximum Gasteiger partial charge on any atom is 0.416 e. The predicted octanol–water partition coefficient (Wildman–Crippen LogP) is 5.88. The molecular formula is C32H43F4N7. The molecule has 2 saturated heterocycles. The fraction of sp³-hybridized carbons (Fsp3) is 0.469. The van der Waals surface area contributed by atoms with Crippen molar-refractivity contribution in [2.45, 2.75) is 51.9 Å². The highest BCUT2D eigenvalue weighted by Crippen LogP contribution is 2.39. The largest absolute Gasteiger partial charge is 0.416 e. The number of allylic oxidation sites excluding steroid dienone is 2. The van der Waals surface area contributed by atoms with Gasteiger partial charge in [0.25, 0.3) is 0 Å². The van der Waals surface area contributed by atoms with E-state index in [2.05, 4.69) is 50.7 Å². The van der Waals surface area contributed by atoms with Gasteiger partial charge in [-0.25, -0.2) is 9.37 Å². The van der Waals surface area contributed by atoms with Crippen molar-refractivity contribution in [2.24, 2.45) is 5.73 Å². The number of likely N-dealkylation sites (N-methyl/N-ethyl adjacent to an activating group) is 1. The Bertz CT molecular complexity index is 1320. The fourth-order valence-electron chi connectivity index (χ4n) is 5.62. The molecule has 2 fully saturated rings. The van der Waals surface area contributed by atoms with Crippen molar-refractivity contribution in [1.29, 1.82) is 0 Å². The second-order valence-electron chi connectivity index (χ2n) is 11.3. The van der Waals surface area contributed by atoms with E-state index in [4.69, 9.17) is 5.73 Å². The van der Waals surface area contributed by atoms with Crippen LogP contribution >= 0.6 is 0 Å². The molecule has 1 aromatic heterocycles. The van der Waals surface area contributed by atoms with Crippen LogP contribution in [0.4, 0.5) is 34.8 Å². The summed E-state index contributed by atoms with van der Waals surface area (Å²) in [5.74, 6) is 0.362. The Hall–Kier alpha value is -3.57. The van der Waals surface area contributed by atoms with E-state index in [1.807, 2.05) is 19.2 Å². The zero-order valence-corrected chi connectivity index (χ0v) is 25.4. The van der Waals surface area contributed by atoms with Crippen LogP contribution in [0.15, 0.2) is 66.2 Å². The molecule has 2 aromatic rings. The average molecular weight is 602 g/mol. The number of aromatic nitrogens is 1. The number of halogens is 4. The average Bonchev–Trinajstić information content (AvgIpc) is 2.98. The van der Waals surface area contributed by atoms with Crippen molar-refractivity contribution in [1.82, 2.24) is 15.2 Å². The summed E-state index contributed by atoms with van der Waals surface area (Å²) in [5.41, 5.74) is 6.45. The number of hydrogen-bond acceptors (Lipinski definition) is 7. The number of rotatable bonds is 9. The van der Waals surface area contributed by atoms with Crippen LogP contribution in [0.2, 0.25) is 0 Å². The van der Waals surface area contributed by atoms with Gasteiger partial charge in [-0.3, -0.25) is 4.90 Å². The minimum atomic E-state index is -4.62. The van der Waals surface area contributed by atoms with Gasteiger partial charge in [0.15, 0.2) is 0 Å². The zero-order chi connectivity index (χ0) is 31.3. The van der Waals surface area contributed by atoms with Crippen molar-refractivity contribution < 1.29 is 17.6 Å². The molecule has 0 saturated carbocycles. The summed E-state index contributed by atoms with van der Waals surface area (Å²) in [4.78, 5) is 11.1. The molecule has 2 unspecified atom stereocenters. The normalized spacial score (nSPS) is 20.8. The summed E-state index contributed by atoms with van der Waals surface area (Å²) in [7, 11) is 2.05. The topological polar surface area (TPSA) is 72.7 Å². The molecule has 4 N–H and O–H groups in total. The number of nitrogens with two attached hydrogens (primary N) is 1. The van der Waals surface area contributed by atoms with Crippen LogP contribution in [0.1, 0.15) is 33.6 Å². The van der Waals surface area contributed by atoms with Crippen LogP contribution in [-0.2, 0) is 0 Å². The summed E-state index contributed by atoms with van der Waals surface area (Å²) >= 11 is 0. The van der Waals surface area contributed by atoms with Gasteiger partial charge in [-0.05, 0) is 51.6 Å². The van der Waals surface area contributed by atoms with E-state index < -0.39 is 17.6 Å². The maximum absolute atomic E-state index is 15.9. The number of piperazine rings is 2. The molecule has 0 spiro atoms. The molecule has 3 heterocycles. The lowest BCUT2D eigenvalue weighted by Crippen LogP contribution is -2.55. The molecule has 7 nitrogen and oxygen atoms in total. The number of nitrogens with zero attached hydrogens (tertiary/aromatic N) is 4. The van der Waals surface area contributed by atoms with E-state index in [0.717, 1.165) is 44.3 Å². The minimum absolute atomic E-state index is 0.0246. The van der Waals surface area contributed by atoms with E-state index >= 15 is 4.39 Å². The molecule has 234 valence electrons. The summed E-state index contributed by atoms with van der Waals surface area (Å²) < 4.78 is 58.1. The number of pyridine rings is 1. The van der Waals surface area contributed by atoms with Gasteiger partial charge in [0.1, 0.15) is 11.6 Å². The van der Waals surface area contributed by atoms with E-state index in [9.17, 15) is 13.2 Å². The first-order valence-corrected chi connectivity index (χ1v) is 14.8. The molecule has 0 bridgehead atoms. The number of hydrogen-bond donors (Lipinski definition) is 3. The number of nitrogens with one attached hydrogen (secondary N) is 2. The number of unbranched alkanes of at least 4 members (excludes halogenated alkanes) is 1. The Balaban J connectivity index is 1.74. The Morgan fingerprint density at radius 1 is 1.14 bits per heavy atom. The number of alkyl halides is 3. The molecule has 1 aromatic carbocycles. The Morgan fingerprint density at radius 3 is 2.37 bits per heavy atom. The molecule has 2 atom stereocenters. The second kappa shape index (κ2) is 13.8. The van der Waals surface area contributed by atoms with Crippen LogP contribution in [0.25, 0.3) is 11.1 Å². The van der Waals surface area contributed by atoms with E-state index in [1.165, 1.54) is 6.07 Å². The monoisotopic (exact) mass is 601 g/mol. The van der Waals surface area contributed by atoms with Gasteiger partial charge < -0.3 is 26.2 Å². The van der Waals surface area contributed by atoms with Gasteiger partial charge in [-0.15, -0.1) is 0 Å². The molecule has 11 heteroatoms. The Labute approximate surface area is 252 Å². The third-order valence-electron chi connectivity index (χ3n) is 8.30. The predicted molar refractivity (Wildman–Crippen MR) is 168 cm³/mol. The first kappa shape index (κ1) is 32.3. The molecule has 2 aliphatic rings. The van der Waals surface area contributed by atoms with Crippen molar-refractivity contribution in [2.75, 3.05) is 61.4 Å². The smallest absolute Gasteiger partial charge is 0.404 e. The quantitative estimate of drug-likeness (QED) is 0.245. The molecule has 43 heavy (non-hydrogen) atoms. The third-order valence-corrected chi connectivity index (χ3v) is 8.30. The maximum atomic E-state index is 15.9. The van der Waals surface area contributed by atoms with E-state index in [0.29, 0.717) is 36.4 Å². The molecule has 0 amide bonds. The SMILES string of the molecule is C=C(Nc1cc(-c2ccc(N3CCNCC3)nc2)c(F)cc1N1CC(C)N(C)C(C)C1)C(=C/N)/C(=C\CCC)C(F)(F)F. The Morgan fingerprint density at radius 2 is 1.81 bits per heavy atom. The zero-order valence-electron chi connectivity index (χ0n) is 25.4. The second-order valence-corrected chi connectivity index (χ2v) is 11.3. The van der Waals surface area contributed by atoms with E-state index in [-0.39, 0.29) is 35.3 Å². The van der Waals surface area contributed by atoms with Crippen molar-refractivity contribution in [3.63, 3.8) is 0 Å².